The molecule has 1 amide bonds. The van der Waals surface area contributed by atoms with Crippen LogP contribution in [0.2, 0.25) is 0 Å². The number of hydrogen-bond donors (Lipinski definition) is 1. The van der Waals surface area contributed by atoms with Crippen LogP contribution in [0.25, 0.3) is 6.08 Å². The first kappa shape index (κ1) is 16.3. The van der Waals surface area contributed by atoms with Gasteiger partial charge in [0.05, 0.1) is 11.5 Å². The second-order valence-corrected chi connectivity index (χ2v) is 7.60. The number of amides is 1. The zero-order valence-corrected chi connectivity index (χ0v) is 14.0. The minimum Gasteiger partial charge on any atom is -0.493 e. The minimum atomic E-state index is -3.30. The fraction of sp³-hybridized carbons (Fsp3) is 0.167. The van der Waals surface area contributed by atoms with Crippen LogP contribution >= 0.6 is 0 Å². The molecule has 6 heteroatoms. The number of sulfone groups is 1. The smallest absolute Gasteiger partial charge is 0.248 e. The molecule has 0 radical (unpaired) electrons. The highest BCUT2D eigenvalue weighted by Crippen LogP contribution is 2.26. The average Bonchev–Trinajstić information content (AvgIpc) is 3.00. The Kier molecular flexibility index (Phi) is 4.40. The predicted octanol–water partition coefficient (Wildman–Crippen LogP) is 2.68. The Balaban J connectivity index is 1.69. The van der Waals surface area contributed by atoms with Crippen LogP contribution in [0.15, 0.2) is 53.4 Å². The van der Waals surface area contributed by atoms with Gasteiger partial charge in [0.25, 0.3) is 0 Å². The Hall–Kier alpha value is -2.60. The molecule has 1 N–H and O–H groups in total. The minimum absolute atomic E-state index is 0.169. The summed E-state index contributed by atoms with van der Waals surface area (Å²) in [7, 11) is -3.30. The molecule has 124 valence electrons. The van der Waals surface area contributed by atoms with Crippen molar-refractivity contribution in [2.45, 2.75) is 11.3 Å². The van der Waals surface area contributed by atoms with Gasteiger partial charge in [-0.2, -0.15) is 0 Å². The van der Waals surface area contributed by atoms with Crippen molar-refractivity contribution >= 4 is 27.5 Å². The van der Waals surface area contributed by atoms with Crippen LogP contribution in [0.5, 0.6) is 5.75 Å². The Morgan fingerprint density at radius 2 is 2.04 bits per heavy atom. The SMILES string of the molecule is CS(=O)(=O)c1cccc(NC(=O)/C=C/c2ccc3c(c2)CCO3)c1. The number of hydrogen-bond acceptors (Lipinski definition) is 4. The van der Waals surface area contributed by atoms with Crippen LogP contribution in [-0.2, 0) is 21.1 Å². The number of ether oxygens (including phenoxy) is 1. The van der Waals surface area contributed by atoms with Crippen molar-refractivity contribution in [3.05, 3.63) is 59.7 Å². The Labute approximate surface area is 140 Å². The van der Waals surface area contributed by atoms with Gasteiger partial charge in [0.15, 0.2) is 9.84 Å². The van der Waals surface area contributed by atoms with Crippen LogP contribution in [0.1, 0.15) is 11.1 Å². The molecule has 3 rings (SSSR count). The summed E-state index contributed by atoms with van der Waals surface area (Å²) in [5.74, 6) is 0.576. The molecule has 1 aliphatic rings. The van der Waals surface area contributed by atoms with Crippen LogP contribution in [0, 0.1) is 0 Å². The van der Waals surface area contributed by atoms with E-state index in [4.69, 9.17) is 4.74 Å². The van der Waals surface area contributed by atoms with Gasteiger partial charge < -0.3 is 10.1 Å². The van der Waals surface area contributed by atoms with Crippen LogP contribution in [0.3, 0.4) is 0 Å². The van der Waals surface area contributed by atoms with E-state index in [1.807, 2.05) is 18.2 Å². The van der Waals surface area contributed by atoms with Crippen molar-refractivity contribution < 1.29 is 17.9 Å². The Morgan fingerprint density at radius 3 is 2.83 bits per heavy atom. The summed E-state index contributed by atoms with van der Waals surface area (Å²) >= 11 is 0. The zero-order chi connectivity index (χ0) is 17.2. The van der Waals surface area contributed by atoms with Crippen LogP contribution in [0.4, 0.5) is 5.69 Å². The van der Waals surface area contributed by atoms with Crippen LogP contribution < -0.4 is 10.1 Å². The van der Waals surface area contributed by atoms with Crippen molar-refractivity contribution in [3.63, 3.8) is 0 Å². The van der Waals surface area contributed by atoms with Gasteiger partial charge in [-0.1, -0.05) is 12.1 Å². The molecule has 0 saturated heterocycles. The number of carbonyl (C=O) groups is 1. The lowest BCUT2D eigenvalue weighted by molar-refractivity contribution is -0.111. The second kappa shape index (κ2) is 6.49. The molecule has 24 heavy (non-hydrogen) atoms. The molecule has 1 aliphatic heterocycles. The lowest BCUT2D eigenvalue weighted by atomic mass is 10.1. The number of nitrogens with one attached hydrogen (secondary N) is 1. The summed E-state index contributed by atoms with van der Waals surface area (Å²) in [4.78, 5) is 12.2. The lowest BCUT2D eigenvalue weighted by Gasteiger charge is -2.04. The van der Waals surface area contributed by atoms with E-state index in [0.29, 0.717) is 12.3 Å². The molecule has 0 unspecified atom stereocenters. The molecule has 2 aromatic carbocycles. The average molecular weight is 343 g/mol. The summed E-state index contributed by atoms with van der Waals surface area (Å²) in [5, 5.41) is 2.66. The second-order valence-electron chi connectivity index (χ2n) is 5.59. The molecule has 0 saturated carbocycles. The van der Waals surface area contributed by atoms with E-state index >= 15 is 0 Å². The standard InChI is InChI=1S/C18H17NO4S/c1-24(21,22)16-4-2-3-15(12-16)19-18(20)8-6-13-5-7-17-14(11-13)9-10-23-17/h2-8,11-12H,9-10H2,1H3,(H,19,20)/b8-6+. The largest absolute Gasteiger partial charge is 0.493 e. The van der Waals surface area contributed by atoms with Crippen molar-refractivity contribution in [1.29, 1.82) is 0 Å². The van der Waals surface area contributed by atoms with E-state index in [1.54, 1.807) is 18.2 Å². The highest BCUT2D eigenvalue weighted by atomic mass is 32.2. The Bertz CT molecular complexity index is 916. The maximum atomic E-state index is 12.0. The summed E-state index contributed by atoms with van der Waals surface area (Å²) < 4.78 is 28.5. The molecular weight excluding hydrogens is 326 g/mol. The maximum Gasteiger partial charge on any atom is 0.248 e. The molecule has 0 aliphatic carbocycles. The van der Waals surface area contributed by atoms with Crippen LogP contribution in [-0.4, -0.2) is 27.2 Å². The highest BCUT2D eigenvalue weighted by Gasteiger charge is 2.11. The topological polar surface area (TPSA) is 72.5 Å². The number of rotatable bonds is 4. The third-order valence-electron chi connectivity index (χ3n) is 3.67. The number of carbonyl (C=O) groups excluding carboxylic acids is 1. The summed E-state index contributed by atoms with van der Waals surface area (Å²) in [6.45, 7) is 0.694. The zero-order valence-electron chi connectivity index (χ0n) is 13.2. The number of fused-ring (bicyclic) bond motifs is 1. The van der Waals surface area contributed by atoms with Gasteiger partial charge in [0.1, 0.15) is 5.75 Å². The maximum absolute atomic E-state index is 12.0. The lowest BCUT2D eigenvalue weighted by Crippen LogP contribution is -2.08. The quantitative estimate of drug-likeness (QED) is 0.866. The first-order chi connectivity index (χ1) is 11.4. The monoisotopic (exact) mass is 343 g/mol. The van der Waals surface area contributed by atoms with Gasteiger partial charge >= 0.3 is 0 Å². The highest BCUT2D eigenvalue weighted by molar-refractivity contribution is 7.90. The third-order valence-corrected chi connectivity index (χ3v) is 4.78. The van der Waals surface area contributed by atoms with E-state index in [1.165, 1.54) is 18.2 Å². The fourth-order valence-corrected chi connectivity index (χ4v) is 3.14. The van der Waals surface area contributed by atoms with E-state index in [-0.39, 0.29) is 10.8 Å². The molecule has 0 bridgehead atoms. The van der Waals surface area contributed by atoms with Crippen molar-refractivity contribution in [2.75, 3.05) is 18.2 Å². The van der Waals surface area contributed by atoms with Gasteiger partial charge in [0, 0.05) is 24.4 Å². The van der Waals surface area contributed by atoms with Gasteiger partial charge in [-0.25, -0.2) is 8.42 Å². The number of benzene rings is 2. The van der Waals surface area contributed by atoms with E-state index in [2.05, 4.69) is 5.32 Å². The molecule has 0 atom stereocenters. The van der Waals surface area contributed by atoms with E-state index in [0.717, 1.165) is 29.6 Å². The summed E-state index contributed by atoms with van der Waals surface area (Å²) in [6, 6.07) is 12.0. The first-order valence-electron chi connectivity index (χ1n) is 7.47. The van der Waals surface area contributed by atoms with Crippen molar-refractivity contribution in [3.8, 4) is 5.75 Å². The predicted molar refractivity (Wildman–Crippen MR) is 92.9 cm³/mol. The molecule has 1 heterocycles. The van der Waals surface area contributed by atoms with Gasteiger partial charge in [-0.05, 0) is 47.5 Å². The van der Waals surface area contributed by atoms with E-state index < -0.39 is 9.84 Å². The third kappa shape index (κ3) is 3.83. The summed E-state index contributed by atoms with van der Waals surface area (Å²) in [5.41, 5.74) is 2.49. The molecule has 5 nitrogen and oxygen atoms in total. The van der Waals surface area contributed by atoms with Gasteiger partial charge in [-0.3, -0.25) is 4.79 Å². The molecule has 2 aromatic rings. The molecule has 0 fully saturated rings. The number of anilines is 1. The van der Waals surface area contributed by atoms with Crippen molar-refractivity contribution in [1.82, 2.24) is 0 Å². The molecule has 0 spiro atoms. The molecule has 0 aromatic heterocycles. The normalized spacial score (nSPS) is 13.5. The fourth-order valence-electron chi connectivity index (χ4n) is 2.47. The Morgan fingerprint density at radius 1 is 1.21 bits per heavy atom. The van der Waals surface area contributed by atoms with Gasteiger partial charge in [-0.15, -0.1) is 0 Å². The molecular formula is C18H17NO4S. The first-order valence-corrected chi connectivity index (χ1v) is 9.36. The van der Waals surface area contributed by atoms with Gasteiger partial charge in [0.2, 0.25) is 5.91 Å². The van der Waals surface area contributed by atoms with Crippen molar-refractivity contribution in [2.24, 2.45) is 0 Å². The summed E-state index contributed by atoms with van der Waals surface area (Å²) in [6.07, 6.45) is 5.14. The van der Waals surface area contributed by atoms with E-state index in [9.17, 15) is 13.2 Å².